The van der Waals surface area contributed by atoms with E-state index >= 15 is 0 Å². The van der Waals surface area contributed by atoms with Crippen LogP contribution in [0.1, 0.15) is 15.9 Å². The van der Waals surface area contributed by atoms with Crippen LogP contribution in [0, 0.1) is 0 Å². The van der Waals surface area contributed by atoms with Crippen molar-refractivity contribution in [2.75, 3.05) is 7.11 Å². The lowest BCUT2D eigenvalue weighted by molar-refractivity contribution is 0.104. The van der Waals surface area contributed by atoms with Crippen LogP contribution >= 0.6 is 0 Å². The second-order valence-corrected chi connectivity index (χ2v) is 6.29. The summed E-state index contributed by atoms with van der Waals surface area (Å²) in [6, 6.07) is 22.1. The summed E-state index contributed by atoms with van der Waals surface area (Å²) >= 11 is 0. The largest absolute Gasteiger partial charge is 0.497 e. The molecule has 0 bridgehead atoms. The molecular weight excluding hydrogens is 364 g/mol. The van der Waals surface area contributed by atoms with Crippen molar-refractivity contribution in [2.24, 2.45) is 0 Å². The maximum atomic E-state index is 12.4. The van der Waals surface area contributed by atoms with Gasteiger partial charge in [0.05, 0.1) is 18.0 Å². The lowest BCUT2D eigenvalue weighted by atomic mass is 10.1. The van der Waals surface area contributed by atoms with Gasteiger partial charge in [0.2, 0.25) is 5.88 Å². The second-order valence-electron chi connectivity index (χ2n) is 6.29. The summed E-state index contributed by atoms with van der Waals surface area (Å²) in [5.74, 6) is 1.78. The lowest BCUT2D eigenvalue weighted by Gasteiger charge is -2.07. The molecule has 4 rings (SSSR count). The number of methoxy groups -OCH3 is 1. The number of hydrogen-bond acceptors (Lipinski definition) is 5. The predicted molar refractivity (Wildman–Crippen MR) is 112 cm³/mol. The molecule has 142 valence electrons. The molecule has 0 saturated heterocycles. The summed E-state index contributed by atoms with van der Waals surface area (Å²) < 4.78 is 11.0. The highest BCUT2D eigenvalue weighted by atomic mass is 16.5. The van der Waals surface area contributed by atoms with E-state index in [0.29, 0.717) is 17.2 Å². The Morgan fingerprint density at radius 3 is 2.34 bits per heavy atom. The van der Waals surface area contributed by atoms with Gasteiger partial charge in [-0.2, -0.15) is 0 Å². The van der Waals surface area contributed by atoms with Crippen LogP contribution in [0.3, 0.4) is 0 Å². The highest BCUT2D eigenvalue weighted by Crippen LogP contribution is 2.26. The quantitative estimate of drug-likeness (QED) is 0.333. The summed E-state index contributed by atoms with van der Waals surface area (Å²) in [6.45, 7) is 0. The maximum absolute atomic E-state index is 12.4. The minimum Gasteiger partial charge on any atom is -0.497 e. The standard InChI is InChI=1S/C24H18N2O3/c1-28-19-11-6-17(7-12-19)8-15-23(27)18-9-13-20(14-10-18)29-24-21-4-2-3-5-22(21)25-16-26-24/h2-16H,1H3/b15-8+. The zero-order valence-electron chi connectivity index (χ0n) is 15.8. The molecule has 4 aromatic rings. The molecule has 0 spiro atoms. The molecule has 0 saturated carbocycles. The summed E-state index contributed by atoms with van der Waals surface area (Å²) in [7, 11) is 1.62. The first-order valence-corrected chi connectivity index (χ1v) is 9.07. The highest BCUT2D eigenvalue weighted by Gasteiger charge is 2.07. The van der Waals surface area contributed by atoms with Crippen molar-refractivity contribution in [2.45, 2.75) is 0 Å². The molecule has 5 nitrogen and oxygen atoms in total. The van der Waals surface area contributed by atoms with Gasteiger partial charge in [0, 0.05) is 5.56 Å². The third kappa shape index (κ3) is 4.30. The van der Waals surface area contributed by atoms with E-state index in [2.05, 4.69) is 9.97 Å². The summed E-state index contributed by atoms with van der Waals surface area (Å²) in [4.78, 5) is 20.9. The fraction of sp³-hybridized carbons (Fsp3) is 0.0417. The molecule has 0 amide bonds. The Morgan fingerprint density at radius 1 is 0.862 bits per heavy atom. The minimum absolute atomic E-state index is 0.0835. The number of ketones is 1. The fourth-order valence-corrected chi connectivity index (χ4v) is 2.84. The molecule has 0 radical (unpaired) electrons. The van der Waals surface area contributed by atoms with E-state index in [1.54, 1.807) is 43.5 Å². The molecule has 29 heavy (non-hydrogen) atoms. The molecule has 0 fully saturated rings. The van der Waals surface area contributed by atoms with E-state index in [4.69, 9.17) is 9.47 Å². The molecule has 5 heteroatoms. The third-order valence-electron chi connectivity index (χ3n) is 4.40. The highest BCUT2D eigenvalue weighted by molar-refractivity contribution is 6.06. The topological polar surface area (TPSA) is 61.3 Å². The Labute approximate surface area is 168 Å². The van der Waals surface area contributed by atoms with Crippen LogP contribution in [0.25, 0.3) is 17.0 Å². The number of ether oxygens (including phenoxy) is 2. The molecule has 0 atom stereocenters. The van der Waals surface area contributed by atoms with Gasteiger partial charge in [-0.25, -0.2) is 9.97 Å². The van der Waals surface area contributed by atoms with Gasteiger partial charge < -0.3 is 9.47 Å². The summed E-state index contributed by atoms with van der Waals surface area (Å²) in [5.41, 5.74) is 2.32. The first-order valence-electron chi connectivity index (χ1n) is 9.07. The van der Waals surface area contributed by atoms with Crippen molar-refractivity contribution in [3.8, 4) is 17.4 Å². The van der Waals surface area contributed by atoms with Gasteiger partial charge in [0.25, 0.3) is 0 Å². The van der Waals surface area contributed by atoms with Crippen LogP contribution in [0.2, 0.25) is 0 Å². The van der Waals surface area contributed by atoms with Gasteiger partial charge in [0.15, 0.2) is 5.78 Å². The van der Waals surface area contributed by atoms with Crippen molar-refractivity contribution < 1.29 is 14.3 Å². The van der Waals surface area contributed by atoms with Crippen LogP contribution in [-0.2, 0) is 0 Å². The molecule has 0 N–H and O–H groups in total. The average Bonchev–Trinajstić information content (AvgIpc) is 2.78. The molecule has 0 aliphatic heterocycles. The van der Waals surface area contributed by atoms with Gasteiger partial charge in [-0.3, -0.25) is 4.79 Å². The lowest BCUT2D eigenvalue weighted by Crippen LogP contribution is -1.95. The number of benzene rings is 3. The number of hydrogen-bond donors (Lipinski definition) is 0. The number of para-hydroxylation sites is 1. The second kappa shape index (κ2) is 8.35. The molecule has 1 aromatic heterocycles. The van der Waals surface area contributed by atoms with Gasteiger partial charge in [0.1, 0.15) is 17.8 Å². The number of fused-ring (bicyclic) bond motifs is 1. The third-order valence-corrected chi connectivity index (χ3v) is 4.40. The van der Waals surface area contributed by atoms with Crippen LogP contribution in [0.5, 0.6) is 17.4 Å². The zero-order valence-corrected chi connectivity index (χ0v) is 15.8. The van der Waals surface area contributed by atoms with Gasteiger partial charge in [-0.1, -0.05) is 30.3 Å². The van der Waals surface area contributed by atoms with Crippen molar-refractivity contribution >= 4 is 22.8 Å². The number of carbonyl (C=O) groups excluding carboxylic acids is 1. The normalized spacial score (nSPS) is 10.9. The van der Waals surface area contributed by atoms with Gasteiger partial charge in [-0.15, -0.1) is 0 Å². The van der Waals surface area contributed by atoms with Crippen LogP contribution in [0.15, 0.2) is 85.2 Å². The SMILES string of the molecule is COc1ccc(/C=C/C(=O)c2ccc(Oc3ncnc4ccccc34)cc2)cc1. The Morgan fingerprint density at radius 2 is 1.59 bits per heavy atom. The number of nitrogens with zero attached hydrogens (tertiary/aromatic N) is 2. The van der Waals surface area contributed by atoms with E-state index < -0.39 is 0 Å². The Kier molecular flexibility index (Phi) is 5.29. The average molecular weight is 382 g/mol. The van der Waals surface area contributed by atoms with Crippen LogP contribution < -0.4 is 9.47 Å². The number of carbonyl (C=O) groups is 1. The first kappa shape index (κ1) is 18.4. The number of allylic oxidation sites excluding steroid dienone is 1. The molecular formula is C24H18N2O3. The molecule has 0 aliphatic carbocycles. The summed E-state index contributed by atoms with van der Waals surface area (Å²) in [5, 5.41) is 0.831. The Hall–Kier alpha value is -3.99. The van der Waals surface area contributed by atoms with E-state index in [0.717, 1.165) is 22.2 Å². The van der Waals surface area contributed by atoms with Gasteiger partial charge >= 0.3 is 0 Å². The smallest absolute Gasteiger partial charge is 0.230 e. The van der Waals surface area contributed by atoms with E-state index in [9.17, 15) is 4.79 Å². The van der Waals surface area contributed by atoms with Crippen molar-refractivity contribution in [3.63, 3.8) is 0 Å². The fourth-order valence-electron chi connectivity index (χ4n) is 2.84. The Balaban J connectivity index is 1.47. The monoisotopic (exact) mass is 382 g/mol. The molecule has 0 aliphatic rings. The molecule has 1 heterocycles. The molecule has 3 aromatic carbocycles. The zero-order chi connectivity index (χ0) is 20.1. The number of aromatic nitrogens is 2. The summed E-state index contributed by atoms with van der Waals surface area (Å²) in [6.07, 6.45) is 4.80. The first-order chi connectivity index (χ1) is 14.2. The van der Waals surface area contributed by atoms with Crippen molar-refractivity contribution in [3.05, 3.63) is 96.3 Å². The van der Waals surface area contributed by atoms with Crippen molar-refractivity contribution in [1.82, 2.24) is 9.97 Å². The van der Waals surface area contributed by atoms with Crippen LogP contribution in [-0.4, -0.2) is 22.9 Å². The van der Waals surface area contributed by atoms with Crippen LogP contribution in [0.4, 0.5) is 0 Å². The van der Waals surface area contributed by atoms with E-state index in [1.807, 2.05) is 48.5 Å². The van der Waals surface area contributed by atoms with E-state index in [-0.39, 0.29) is 5.78 Å². The van der Waals surface area contributed by atoms with E-state index in [1.165, 1.54) is 6.33 Å². The molecule has 0 unspecified atom stereocenters. The predicted octanol–water partition coefficient (Wildman–Crippen LogP) is 5.33. The minimum atomic E-state index is -0.0835. The maximum Gasteiger partial charge on any atom is 0.230 e. The Bertz CT molecular complexity index is 1160. The van der Waals surface area contributed by atoms with Crippen molar-refractivity contribution in [1.29, 1.82) is 0 Å². The van der Waals surface area contributed by atoms with Gasteiger partial charge in [-0.05, 0) is 60.2 Å². The number of rotatable bonds is 6.